The van der Waals surface area contributed by atoms with Crippen molar-refractivity contribution >= 4 is 29.2 Å². The highest BCUT2D eigenvalue weighted by Gasteiger charge is 2.70. The lowest BCUT2D eigenvalue weighted by Gasteiger charge is -2.56. The van der Waals surface area contributed by atoms with Crippen molar-refractivity contribution in [3.05, 3.63) is 40.7 Å². The minimum atomic E-state index is -5.96. The van der Waals surface area contributed by atoms with E-state index in [4.69, 9.17) is 5.73 Å². The molecule has 0 saturated heterocycles. The van der Waals surface area contributed by atoms with Gasteiger partial charge < -0.3 is 36.2 Å². The van der Waals surface area contributed by atoms with E-state index in [1.54, 1.807) is 0 Å². The summed E-state index contributed by atoms with van der Waals surface area (Å²) in [5.74, 6) is -14.8. The predicted octanol–water partition coefficient (Wildman–Crippen LogP) is 0.686. The van der Waals surface area contributed by atoms with Crippen molar-refractivity contribution in [2.45, 2.75) is 41.2 Å². The monoisotopic (exact) mass is 596 g/mol. The molecule has 1 fully saturated rings. The van der Waals surface area contributed by atoms with Crippen molar-refractivity contribution in [3.8, 4) is 5.75 Å². The summed E-state index contributed by atoms with van der Waals surface area (Å²) >= 11 is -0.854. The molecule has 0 radical (unpaired) electrons. The van der Waals surface area contributed by atoms with Crippen LogP contribution in [-0.2, 0) is 9.59 Å². The summed E-state index contributed by atoms with van der Waals surface area (Å²) in [5.41, 5.74) is 0.337. The van der Waals surface area contributed by atoms with Crippen molar-refractivity contribution in [1.82, 2.24) is 4.90 Å². The van der Waals surface area contributed by atoms with Crippen LogP contribution < -0.4 is 5.73 Å². The van der Waals surface area contributed by atoms with Crippen molar-refractivity contribution in [2.75, 3.05) is 19.8 Å². The van der Waals surface area contributed by atoms with Crippen LogP contribution in [0.3, 0.4) is 0 Å². The van der Waals surface area contributed by atoms with Gasteiger partial charge in [-0.25, -0.2) is 0 Å². The number of aliphatic hydroxyl groups is 4. The number of aliphatic hydroxyl groups excluding tert-OH is 3. The fraction of sp³-hybridized carbons (Fsp3) is 0.542. The van der Waals surface area contributed by atoms with Gasteiger partial charge in [0, 0.05) is 35.1 Å². The third-order valence-corrected chi connectivity index (χ3v) is 9.06. The summed E-state index contributed by atoms with van der Waals surface area (Å²) in [4.78, 5) is 40.2. The first-order valence-corrected chi connectivity index (χ1v) is 12.8. The number of carbonyl (C=O) groups is 3. The molecule has 220 valence electrons. The Labute approximate surface area is 227 Å². The second-order valence-corrected chi connectivity index (χ2v) is 11.4. The number of ketones is 2. The molecule has 4 rings (SSSR count). The standard InChI is InChI=1S/C24H25F5N2O8S/c1-31(2)15-14-17(34)11-8(6-40-24(28,29)23(25,26)27)7-4-3-5-9(32)10(7)16(33)12(11)19(36)22(14,39)20(37)13(18(15)35)21(30)38/h3-5,8,11,13-15,17-18,32,34-36,39H,6H2,1-2H3,(H2,30,38)/t8-,11+,13?,14+,15-,17-,18?,22-/m0/s1. The number of nitrogens with zero attached hydrogens (tertiary/aromatic N) is 1. The highest BCUT2D eigenvalue weighted by atomic mass is 32.2. The summed E-state index contributed by atoms with van der Waals surface area (Å²) < 4.78 is 66.9. The summed E-state index contributed by atoms with van der Waals surface area (Å²) in [6.07, 6.45) is -10.0. The molecule has 0 spiro atoms. The van der Waals surface area contributed by atoms with Gasteiger partial charge in [-0.15, -0.1) is 0 Å². The Morgan fingerprint density at radius 2 is 1.70 bits per heavy atom. The van der Waals surface area contributed by atoms with Crippen LogP contribution in [0.25, 0.3) is 0 Å². The van der Waals surface area contributed by atoms with Crippen LogP contribution in [0.1, 0.15) is 21.8 Å². The van der Waals surface area contributed by atoms with E-state index >= 15 is 0 Å². The molecule has 0 bridgehead atoms. The van der Waals surface area contributed by atoms with E-state index in [1.807, 2.05) is 0 Å². The van der Waals surface area contributed by atoms with E-state index in [1.165, 1.54) is 31.1 Å². The Balaban J connectivity index is 1.99. The van der Waals surface area contributed by atoms with Gasteiger partial charge in [-0.2, -0.15) is 22.0 Å². The second-order valence-electron chi connectivity index (χ2n) is 10.3. The number of carbonyl (C=O) groups excluding carboxylic acids is 3. The molecule has 3 aliphatic rings. The number of nitrogens with two attached hydrogens (primary N) is 1. The number of hydrogen-bond acceptors (Lipinski definition) is 10. The fourth-order valence-corrected chi connectivity index (χ4v) is 7.17. The van der Waals surface area contributed by atoms with Gasteiger partial charge in [-0.1, -0.05) is 23.9 Å². The van der Waals surface area contributed by atoms with Gasteiger partial charge >= 0.3 is 11.4 Å². The zero-order valence-corrected chi connectivity index (χ0v) is 21.6. The van der Waals surface area contributed by atoms with Crippen LogP contribution in [0.2, 0.25) is 0 Å². The number of alkyl halides is 5. The van der Waals surface area contributed by atoms with Gasteiger partial charge in [0.1, 0.15) is 17.4 Å². The van der Waals surface area contributed by atoms with Crippen LogP contribution in [0.4, 0.5) is 22.0 Å². The Morgan fingerprint density at radius 3 is 2.23 bits per heavy atom. The normalized spacial score (nSPS) is 34.4. The van der Waals surface area contributed by atoms with E-state index in [9.17, 15) is 61.9 Å². The van der Waals surface area contributed by atoms with Crippen molar-refractivity contribution < 1.29 is 61.9 Å². The number of fused-ring (bicyclic) bond motifs is 3. The Hall–Kier alpha value is -2.79. The molecule has 2 unspecified atom stereocenters. The maximum atomic E-state index is 14.0. The molecule has 10 nitrogen and oxygen atoms in total. The van der Waals surface area contributed by atoms with Crippen molar-refractivity contribution in [1.29, 1.82) is 0 Å². The maximum Gasteiger partial charge on any atom is 0.464 e. The largest absolute Gasteiger partial charge is 0.508 e. The van der Waals surface area contributed by atoms with Gasteiger partial charge in [0.25, 0.3) is 0 Å². The lowest BCUT2D eigenvalue weighted by atomic mass is 9.53. The molecule has 16 heteroatoms. The number of likely N-dealkylation sites (N-methyl/N-ethyl adjacent to an activating group) is 1. The average molecular weight is 597 g/mol. The number of halogens is 5. The lowest BCUT2D eigenvalue weighted by molar-refractivity contribution is -0.237. The molecular weight excluding hydrogens is 571 g/mol. The molecule has 40 heavy (non-hydrogen) atoms. The number of primary amides is 1. The van der Waals surface area contributed by atoms with Gasteiger partial charge in [0.15, 0.2) is 17.2 Å². The minimum absolute atomic E-state index is 0.222. The third kappa shape index (κ3) is 4.10. The molecule has 0 heterocycles. The molecule has 1 aromatic rings. The van der Waals surface area contributed by atoms with E-state index in [-0.39, 0.29) is 5.56 Å². The number of rotatable bonds is 5. The summed E-state index contributed by atoms with van der Waals surface area (Å²) in [5, 5.41) is 50.6. The Morgan fingerprint density at radius 1 is 1.10 bits per heavy atom. The van der Waals surface area contributed by atoms with E-state index in [0.717, 1.165) is 6.07 Å². The number of Topliss-reactive ketones (excluding diaryl/α,β-unsaturated/α-hetero) is 2. The summed E-state index contributed by atoms with van der Waals surface area (Å²) in [6.45, 7) is 0. The molecule has 1 aromatic carbocycles. The smallest absolute Gasteiger partial charge is 0.464 e. The first-order valence-electron chi connectivity index (χ1n) is 11.8. The summed E-state index contributed by atoms with van der Waals surface area (Å²) in [7, 11) is 2.64. The second kappa shape index (κ2) is 9.65. The van der Waals surface area contributed by atoms with Gasteiger partial charge in [0.2, 0.25) is 5.91 Å². The predicted molar refractivity (Wildman–Crippen MR) is 127 cm³/mol. The molecule has 7 N–H and O–H groups in total. The molecule has 0 aromatic heterocycles. The maximum absolute atomic E-state index is 14.0. The number of phenolic OH excluding ortho intramolecular Hbond substituents is 1. The average Bonchev–Trinajstić information content (AvgIpc) is 2.82. The van der Waals surface area contributed by atoms with Crippen LogP contribution in [-0.4, -0.2) is 103 Å². The lowest BCUT2D eigenvalue weighted by Crippen LogP contribution is -2.74. The van der Waals surface area contributed by atoms with E-state index in [0.29, 0.717) is 0 Å². The van der Waals surface area contributed by atoms with Crippen molar-refractivity contribution in [2.24, 2.45) is 23.5 Å². The number of amides is 1. The van der Waals surface area contributed by atoms with Crippen LogP contribution in [0.15, 0.2) is 29.5 Å². The van der Waals surface area contributed by atoms with Crippen molar-refractivity contribution in [3.63, 3.8) is 0 Å². The molecule has 8 atom stereocenters. The molecule has 3 aliphatic carbocycles. The van der Waals surface area contributed by atoms with Crippen LogP contribution in [0.5, 0.6) is 5.75 Å². The van der Waals surface area contributed by atoms with E-state index in [2.05, 4.69) is 0 Å². The topological polar surface area (TPSA) is 182 Å². The number of benzene rings is 1. The van der Waals surface area contributed by atoms with Crippen LogP contribution >= 0.6 is 11.8 Å². The third-order valence-electron chi connectivity index (χ3n) is 7.94. The number of phenols is 1. The molecular formula is C24H25F5N2O8S. The minimum Gasteiger partial charge on any atom is -0.508 e. The van der Waals surface area contributed by atoms with Gasteiger partial charge in [-0.3, -0.25) is 14.4 Å². The molecule has 0 aliphatic heterocycles. The number of aromatic hydroxyl groups is 1. The summed E-state index contributed by atoms with van der Waals surface area (Å²) in [6, 6.07) is 1.85. The van der Waals surface area contributed by atoms with E-state index < -0.39 is 117 Å². The SMILES string of the molecule is CN(C)[C@@H]1C(O)C(C(N)=O)C(=O)[C@@]2(O)C(O)=C3C(=O)c4c(O)cccc4[C@H](CSC(F)(F)C(F)(F)F)[C@H]3[C@H](O)[C@@H]12. The highest BCUT2D eigenvalue weighted by Crippen LogP contribution is 2.57. The Bertz CT molecular complexity index is 1300. The zero-order valence-electron chi connectivity index (χ0n) is 20.8. The van der Waals surface area contributed by atoms with Gasteiger partial charge in [-0.05, 0) is 25.7 Å². The first kappa shape index (κ1) is 30.2. The highest BCUT2D eigenvalue weighted by molar-refractivity contribution is 8.00. The number of thioether (sulfide) groups is 1. The zero-order chi connectivity index (χ0) is 30.3. The Kier molecular flexibility index (Phi) is 7.28. The van der Waals surface area contributed by atoms with Gasteiger partial charge in [0.05, 0.1) is 17.8 Å². The quantitative estimate of drug-likeness (QED) is 0.209. The molecule has 1 amide bonds. The molecule has 1 saturated carbocycles. The van der Waals surface area contributed by atoms with Crippen LogP contribution in [0, 0.1) is 17.8 Å². The number of hydrogen-bond donors (Lipinski definition) is 6. The fourth-order valence-electron chi connectivity index (χ4n) is 6.23. The first-order chi connectivity index (χ1) is 18.3.